The minimum absolute atomic E-state index is 0.587. The average molecular weight is 444 g/mol. The van der Waals surface area contributed by atoms with Crippen LogP contribution in [0.15, 0.2) is 84.9 Å². The molecule has 0 amide bonds. The summed E-state index contributed by atoms with van der Waals surface area (Å²) in [5.74, 6) is 0. The molecule has 32 heavy (non-hydrogen) atoms. The molecular formula is C28H30ClN3. The van der Waals surface area contributed by atoms with Crippen LogP contribution >= 0.6 is 11.6 Å². The third-order valence-corrected chi connectivity index (χ3v) is 6.82. The lowest BCUT2D eigenvalue weighted by atomic mass is 9.72. The summed E-state index contributed by atoms with van der Waals surface area (Å²) in [5.41, 5.74) is 2.84. The minimum atomic E-state index is -0.587. The lowest BCUT2D eigenvalue weighted by Crippen LogP contribution is -2.46. The Kier molecular flexibility index (Phi) is 7.47. The van der Waals surface area contributed by atoms with Crippen LogP contribution in [-0.4, -0.2) is 37.6 Å². The normalized spacial score (nSPS) is 14.8. The first-order valence-electron chi connectivity index (χ1n) is 11.5. The standard InChI is InChI=1S/C28H30ClN3/c29-26-13-15-27(16-14-26)32-21-19-31(20-22-32)18-8-7-17-28(23-30,24-9-3-1-4-10-24)25-11-5-2-6-12-25/h1-6,9-16H,7-8,17-22H2. The Morgan fingerprint density at radius 2 is 1.31 bits per heavy atom. The van der Waals surface area contributed by atoms with E-state index in [4.69, 9.17) is 11.6 Å². The van der Waals surface area contributed by atoms with Crippen LogP contribution < -0.4 is 4.90 Å². The Balaban J connectivity index is 1.32. The molecule has 0 radical (unpaired) electrons. The van der Waals surface area contributed by atoms with Crippen molar-refractivity contribution < 1.29 is 0 Å². The lowest BCUT2D eigenvalue weighted by Gasteiger charge is -2.36. The highest BCUT2D eigenvalue weighted by atomic mass is 35.5. The van der Waals surface area contributed by atoms with Gasteiger partial charge in [-0.3, -0.25) is 4.90 Å². The fourth-order valence-corrected chi connectivity index (χ4v) is 4.82. The summed E-state index contributed by atoms with van der Waals surface area (Å²) in [6.07, 6.45) is 2.96. The second-order valence-electron chi connectivity index (χ2n) is 8.51. The summed E-state index contributed by atoms with van der Waals surface area (Å²) in [6.45, 7) is 5.31. The van der Waals surface area contributed by atoms with E-state index in [9.17, 15) is 5.26 Å². The van der Waals surface area contributed by atoms with Gasteiger partial charge in [-0.15, -0.1) is 0 Å². The number of nitrogens with zero attached hydrogens (tertiary/aromatic N) is 3. The van der Waals surface area contributed by atoms with Crippen molar-refractivity contribution in [3.63, 3.8) is 0 Å². The summed E-state index contributed by atoms with van der Waals surface area (Å²) in [7, 11) is 0. The number of hydrogen-bond acceptors (Lipinski definition) is 3. The molecule has 164 valence electrons. The molecule has 0 aromatic heterocycles. The van der Waals surface area contributed by atoms with Crippen LogP contribution in [0, 0.1) is 11.3 Å². The average Bonchev–Trinajstić information content (AvgIpc) is 2.86. The number of benzene rings is 3. The zero-order chi connectivity index (χ0) is 22.2. The van der Waals surface area contributed by atoms with Gasteiger partial charge < -0.3 is 4.90 Å². The molecule has 0 saturated carbocycles. The van der Waals surface area contributed by atoms with Crippen molar-refractivity contribution in [3.05, 3.63) is 101 Å². The van der Waals surface area contributed by atoms with Crippen LogP contribution in [0.1, 0.15) is 30.4 Å². The molecule has 0 bridgehead atoms. The van der Waals surface area contributed by atoms with Gasteiger partial charge in [-0.05, 0) is 61.2 Å². The van der Waals surface area contributed by atoms with Gasteiger partial charge in [0, 0.05) is 36.9 Å². The summed E-state index contributed by atoms with van der Waals surface area (Å²) in [4.78, 5) is 4.98. The molecule has 0 unspecified atom stereocenters. The van der Waals surface area contributed by atoms with Crippen molar-refractivity contribution >= 4 is 17.3 Å². The van der Waals surface area contributed by atoms with Gasteiger partial charge in [-0.1, -0.05) is 72.3 Å². The molecule has 0 atom stereocenters. The molecule has 3 nitrogen and oxygen atoms in total. The van der Waals surface area contributed by atoms with E-state index in [1.54, 1.807) is 0 Å². The van der Waals surface area contributed by atoms with Crippen molar-refractivity contribution in [1.82, 2.24) is 4.90 Å². The Morgan fingerprint density at radius 3 is 1.84 bits per heavy atom. The predicted octanol–water partition coefficient (Wildman–Crippen LogP) is 6.14. The molecule has 1 saturated heterocycles. The largest absolute Gasteiger partial charge is 0.369 e. The Morgan fingerprint density at radius 1 is 0.750 bits per heavy atom. The molecule has 1 fully saturated rings. The van der Waals surface area contributed by atoms with E-state index in [1.165, 1.54) is 5.69 Å². The van der Waals surface area contributed by atoms with E-state index in [2.05, 4.69) is 52.3 Å². The van der Waals surface area contributed by atoms with Gasteiger partial charge in [0.25, 0.3) is 0 Å². The third kappa shape index (κ3) is 5.15. The number of halogens is 1. The van der Waals surface area contributed by atoms with Crippen molar-refractivity contribution in [1.29, 1.82) is 5.26 Å². The van der Waals surface area contributed by atoms with Crippen LogP contribution in [0.5, 0.6) is 0 Å². The topological polar surface area (TPSA) is 30.3 Å². The molecule has 0 spiro atoms. The molecular weight excluding hydrogens is 414 g/mol. The molecule has 4 heteroatoms. The highest BCUT2D eigenvalue weighted by Gasteiger charge is 2.33. The van der Waals surface area contributed by atoms with E-state index < -0.39 is 5.41 Å². The van der Waals surface area contributed by atoms with E-state index in [1.807, 2.05) is 48.5 Å². The zero-order valence-electron chi connectivity index (χ0n) is 18.5. The number of nitriles is 1. The van der Waals surface area contributed by atoms with Gasteiger partial charge in [-0.2, -0.15) is 5.26 Å². The molecule has 3 aromatic rings. The second kappa shape index (κ2) is 10.7. The van der Waals surface area contributed by atoms with Crippen LogP contribution in [-0.2, 0) is 5.41 Å². The molecule has 1 aliphatic rings. The maximum absolute atomic E-state index is 10.3. The Hall–Kier alpha value is -2.80. The van der Waals surface area contributed by atoms with Crippen LogP contribution in [0.4, 0.5) is 5.69 Å². The fraction of sp³-hybridized carbons (Fsp3) is 0.321. The minimum Gasteiger partial charge on any atom is -0.369 e. The maximum Gasteiger partial charge on any atom is 0.107 e. The van der Waals surface area contributed by atoms with Crippen molar-refractivity contribution in [2.75, 3.05) is 37.6 Å². The first kappa shape index (κ1) is 22.4. The number of hydrogen-bond donors (Lipinski definition) is 0. The van der Waals surface area contributed by atoms with Crippen LogP contribution in [0.3, 0.4) is 0 Å². The number of unbranched alkanes of at least 4 members (excludes halogenated alkanes) is 1. The fourth-order valence-electron chi connectivity index (χ4n) is 4.69. The second-order valence-corrected chi connectivity index (χ2v) is 8.95. The Labute approximate surface area is 196 Å². The van der Waals surface area contributed by atoms with Gasteiger partial charge in [-0.25, -0.2) is 0 Å². The molecule has 0 aliphatic carbocycles. The van der Waals surface area contributed by atoms with Crippen LogP contribution in [0.25, 0.3) is 0 Å². The number of piperazine rings is 1. The molecule has 1 heterocycles. The quantitative estimate of drug-likeness (QED) is 0.391. The zero-order valence-corrected chi connectivity index (χ0v) is 19.2. The molecule has 1 aliphatic heterocycles. The summed E-state index contributed by atoms with van der Waals surface area (Å²) < 4.78 is 0. The first-order chi connectivity index (χ1) is 15.7. The van der Waals surface area contributed by atoms with E-state index in [0.717, 1.165) is 68.1 Å². The summed E-state index contributed by atoms with van der Waals surface area (Å²) in [5, 5.41) is 11.1. The van der Waals surface area contributed by atoms with Gasteiger partial charge in [0.15, 0.2) is 0 Å². The highest BCUT2D eigenvalue weighted by Crippen LogP contribution is 2.36. The van der Waals surface area contributed by atoms with E-state index in [-0.39, 0.29) is 0 Å². The maximum atomic E-state index is 10.3. The number of rotatable bonds is 8. The summed E-state index contributed by atoms with van der Waals surface area (Å²) in [6, 6.07) is 31.3. The van der Waals surface area contributed by atoms with Crippen molar-refractivity contribution in [3.8, 4) is 6.07 Å². The van der Waals surface area contributed by atoms with Gasteiger partial charge in [0.2, 0.25) is 0 Å². The lowest BCUT2D eigenvalue weighted by molar-refractivity contribution is 0.251. The van der Waals surface area contributed by atoms with Gasteiger partial charge in [0.05, 0.1) is 6.07 Å². The highest BCUT2D eigenvalue weighted by molar-refractivity contribution is 6.30. The summed E-state index contributed by atoms with van der Waals surface area (Å²) >= 11 is 6.02. The number of anilines is 1. The van der Waals surface area contributed by atoms with Gasteiger partial charge >= 0.3 is 0 Å². The van der Waals surface area contributed by atoms with Crippen molar-refractivity contribution in [2.24, 2.45) is 0 Å². The van der Waals surface area contributed by atoms with Crippen LogP contribution in [0.2, 0.25) is 5.02 Å². The molecule has 0 N–H and O–H groups in total. The first-order valence-corrected chi connectivity index (χ1v) is 11.8. The monoisotopic (exact) mass is 443 g/mol. The smallest absolute Gasteiger partial charge is 0.107 e. The third-order valence-electron chi connectivity index (χ3n) is 6.56. The SMILES string of the molecule is N#CC(CCCCN1CCN(c2ccc(Cl)cc2)CC1)(c1ccccc1)c1ccccc1. The van der Waals surface area contributed by atoms with E-state index in [0.29, 0.717) is 0 Å². The van der Waals surface area contributed by atoms with Gasteiger partial charge in [0.1, 0.15) is 5.41 Å². The van der Waals surface area contributed by atoms with Crippen molar-refractivity contribution in [2.45, 2.75) is 24.7 Å². The van der Waals surface area contributed by atoms with E-state index >= 15 is 0 Å². The predicted molar refractivity (Wildman–Crippen MR) is 133 cm³/mol. The molecule has 3 aromatic carbocycles. The molecule has 4 rings (SSSR count). The Bertz CT molecular complexity index is 965.